The Morgan fingerprint density at radius 3 is 2.82 bits per heavy atom. The molecule has 1 unspecified atom stereocenters. The van der Waals surface area contributed by atoms with Crippen LogP contribution in [0.1, 0.15) is 26.7 Å². The molecule has 1 N–H and O–H groups in total. The van der Waals surface area contributed by atoms with E-state index in [9.17, 15) is 9.18 Å². The quantitative estimate of drug-likeness (QED) is 0.557. The zero-order valence-corrected chi connectivity index (χ0v) is 18.1. The first-order valence-corrected chi connectivity index (χ1v) is 9.97. The summed E-state index contributed by atoms with van der Waals surface area (Å²) in [4.78, 5) is 15.4. The first-order valence-electron chi connectivity index (χ1n) is 9.59. The summed E-state index contributed by atoms with van der Waals surface area (Å²) >= 11 is 6.21. The minimum Gasteiger partial charge on any atom is -0.481 e. The molecule has 1 heterocycles. The Labute approximate surface area is 178 Å². The molecule has 0 aromatic heterocycles. The number of hydrogen-bond acceptors (Lipinski definition) is 4. The Morgan fingerprint density at radius 1 is 1.43 bits per heavy atom. The van der Waals surface area contributed by atoms with Crippen molar-refractivity contribution >= 4 is 35.7 Å². The highest BCUT2D eigenvalue weighted by Crippen LogP contribution is 2.27. The van der Waals surface area contributed by atoms with Crippen molar-refractivity contribution in [2.45, 2.75) is 26.7 Å². The molecular formula is C20H31Cl2FN2O3. The van der Waals surface area contributed by atoms with Crippen molar-refractivity contribution in [1.29, 1.82) is 0 Å². The Balaban J connectivity index is 0.00000392. The topological polar surface area (TPSA) is 53.0 Å². The summed E-state index contributed by atoms with van der Waals surface area (Å²) in [5, 5.41) is 9.55. The Kier molecular flexibility index (Phi) is 11.1. The summed E-state index contributed by atoms with van der Waals surface area (Å²) in [6.07, 6.45) is 1.68. The maximum Gasteiger partial charge on any atom is 0.307 e. The van der Waals surface area contributed by atoms with E-state index in [2.05, 4.69) is 23.6 Å². The number of benzene rings is 1. The third-order valence-electron chi connectivity index (χ3n) is 4.75. The summed E-state index contributed by atoms with van der Waals surface area (Å²) in [7, 11) is 0. The molecule has 1 aliphatic heterocycles. The number of halogens is 3. The number of hydrogen-bond donors (Lipinski definition) is 1. The highest BCUT2D eigenvalue weighted by atomic mass is 35.5. The molecule has 1 saturated heterocycles. The number of nitrogens with zero attached hydrogens (tertiary/aromatic N) is 2. The Hall–Kier alpha value is -1.08. The lowest BCUT2D eigenvalue weighted by molar-refractivity contribution is -0.143. The van der Waals surface area contributed by atoms with E-state index in [1.807, 2.05) is 0 Å². The van der Waals surface area contributed by atoms with Crippen LogP contribution in [-0.4, -0.2) is 61.9 Å². The molecule has 0 bridgehead atoms. The van der Waals surface area contributed by atoms with Gasteiger partial charge in [0.1, 0.15) is 5.82 Å². The molecule has 0 radical (unpaired) electrons. The predicted molar refractivity (Wildman–Crippen MR) is 113 cm³/mol. The summed E-state index contributed by atoms with van der Waals surface area (Å²) in [6.45, 7) is 9.10. The van der Waals surface area contributed by atoms with E-state index in [4.69, 9.17) is 21.4 Å². The van der Waals surface area contributed by atoms with E-state index < -0.39 is 5.97 Å². The number of anilines is 1. The molecule has 160 valence electrons. The third kappa shape index (κ3) is 8.11. The second-order valence-electron chi connectivity index (χ2n) is 7.53. The van der Waals surface area contributed by atoms with E-state index in [0.717, 1.165) is 38.2 Å². The monoisotopic (exact) mass is 436 g/mol. The zero-order valence-electron chi connectivity index (χ0n) is 16.6. The summed E-state index contributed by atoms with van der Waals surface area (Å²) < 4.78 is 19.1. The molecule has 0 aliphatic carbocycles. The summed E-state index contributed by atoms with van der Waals surface area (Å²) in [6, 6.07) is 4.46. The van der Waals surface area contributed by atoms with Gasteiger partial charge < -0.3 is 19.6 Å². The average molecular weight is 437 g/mol. The Bertz CT molecular complexity index is 619. The van der Waals surface area contributed by atoms with Crippen LogP contribution in [0, 0.1) is 17.7 Å². The minimum atomic E-state index is -0.707. The van der Waals surface area contributed by atoms with E-state index in [1.54, 1.807) is 6.07 Å². The average Bonchev–Trinajstić information content (AvgIpc) is 2.60. The normalized spacial score (nSPS) is 17.4. The lowest BCUT2D eigenvalue weighted by atomic mass is 9.98. The van der Waals surface area contributed by atoms with Gasteiger partial charge in [-0.1, -0.05) is 25.4 Å². The maximum atomic E-state index is 13.3. The fraction of sp³-hybridized carbons (Fsp3) is 0.650. The van der Waals surface area contributed by atoms with Gasteiger partial charge in [-0.3, -0.25) is 4.79 Å². The lowest BCUT2D eigenvalue weighted by Crippen LogP contribution is -2.40. The van der Waals surface area contributed by atoms with Crippen LogP contribution in [0.15, 0.2) is 18.2 Å². The second kappa shape index (κ2) is 12.5. The first kappa shape index (κ1) is 25.0. The van der Waals surface area contributed by atoms with Crippen molar-refractivity contribution in [2.24, 2.45) is 11.8 Å². The molecule has 0 saturated carbocycles. The highest BCUT2D eigenvalue weighted by molar-refractivity contribution is 6.33. The van der Waals surface area contributed by atoms with Crippen LogP contribution in [-0.2, 0) is 9.53 Å². The number of likely N-dealkylation sites (tertiary alicyclic amines) is 1. The molecule has 28 heavy (non-hydrogen) atoms. The van der Waals surface area contributed by atoms with Crippen molar-refractivity contribution in [3.05, 3.63) is 29.0 Å². The van der Waals surface area contributed by atoms with Crippen LogP contribution in [0.5, 0.6) is 0 Å². The standard InChI is InChI=1S/C20H30ClFN2O3.ClH/c1-15(2)13-24(19-6-5-17(22)12-18(19)21)9-11-27-10-8-23-7-3-4-16(14-23)20(25)26;/h5-6,12,15-16H,3-4,7-11,13-14H2,1-2H3,(H,25,26);1H. The van der Waals surface area contributed by atoms with Gasteiger partial charge in [0.25, 0.3) is 0 Å². The Morgan fingerprint density at radius 2 is 2.18 bits per heavy atom. The molecule has 0 spiro atoms. The maximum absolute atomic E-state index is 13.3. The van der Waals surface area contributed by atoms with Crippen molar-refractivity contribution < 1.29 is 19.0 Å². The number of ether oxygens (including phenoxy) is 1. The fourth-order valence-corrected chi connectivity index (χ4v) is 3.71. The van der Waals surface area contributed by atoms with Crippen molar-refractivity contribution in [2.75, 3.05) is 50.8 Å². The number of carboxylic acid groups (broad SMARTS) is 1. The third-order valence-corrected chi connectivity index (χ3v) is 5.05. The van der Waals surface area contributed by atoms with Crippen LogP contribution >= 0.6 is 24.0 Å². The van der Waals surface area contributed by atoms with Gasteiger partial charge in [0.05, 0.1) is 29.8 Å². The number of carboxylic acids is 1. The van der Waals surface area contributed by atoms with Crippen molar-refractivity contribution in [1.82, 2.24) is 4.90 Å². The molecule has 5 nitrogen and oxygen atoms in total. The van der Waals surface area contributed by atoms with E-state index in [1.165, 1.54) is 12.1 Å². The van der Waals surface area contributed by atoms with Gasteiger partial charge in [0, 0.05) is 26.2 Å². The molecule has 1 atom stereocenters. The van der Waals surface area contributed by atoms with E-state index >= 15 is 0 Å². The lowest BCUT2D eigenvalue weighted by Gasteiger charge is -2.30. The van der Waals surface area contributed by atoms with Crippen LogP contribution < -0.4 is 4.90 Å². The van der Waals surface area contributed by atoms with E-state index in [-0.39, 0.29) is 24.1 Å². The molecule has 2 rings (SSSR count). The van der Waals surface area contributed by atoms with Crippen molar-refractivity contribution in [3.63, 3.8) is 0 Å². The van der Waals surface area contributed by atoms with Crippen LogP contribution in [0.25, 0.3) is 0 Å². The molecule has 1 aliphatic rings. The van der Waals surface area contributed by atoms with Gasteiger partial charge in [-0.15, -0.1) is 12.4 Å². The first-order chi connectivity index (χ1) is 12.9. The molecule has 1 fully saturated rings. The van der Waals surface area contributed by atoms with Crippen molar-refractivity contribution in [3.8, 4) is 0 Å². The molecular weight excluding hydrogens is 406 g/mol. The van der Waals surface area contributed by atoms with Crippen LogP contribution in [0.2, 0.25) is 5.02 Å². The molecule has 8 heteroatoms. The fourth-order valence-electron chi connectivity index (χ4n) is 3.42. The number of piperidine rings is 1. The van der Waals surface area contributed by atoms with Crippen LogP contribution in [0.3, 0.4) is 0 Å². The van der Waals surface area contributed by atoms with Crippen LogP contribution in [0.4, 0.5) is 10.1 Å². The van der Waals surface area contributed by atoms with Gasteiger partial charge in [0.15, 0.2) is 0 Å². The second-order valence-corrected chi connectivity index (χ2v) is 7.93. The van der Waals surface area contributed by atoms with Gasteiger partial charge in [-0.2, -0.15) is 0 Å². The smallest absolute Gasteiger partial charge is 0.307 e. The van der Waals surface area contributed by atoms with Gasteiger partial charge in [-0.05, 0) is 43.5 Å². The predicted octanol–water partition coefficient (Wildman–Crippen LogP) is 4.18. The number of aliphatic carboxylic acids is 1. The minimum absolute atomic E-state index is 0. The van der Waals surface area contributed by atoms with E-state index in [0.29, 0.717) is 37.2 Å². The van der Waals surface area contributed by atoms with Gasteiger partial charge in [-0.25, -0.2) is 4.39 Å². The zero-order chi connectivity index (χ0) is 19.8. The highest BCUT2D eigenvalue weighted by Gasteiger charge is 2.24. The number of rotatable bonds is 10. The SMILES string of the molecule is CC(C)CN(CCOCCN1CCCC(C(=O)O)C1)c1ccc(F)cc1Cl.Cl. The summed E-state index contributed by atoms with van der Waals surface area (Å²) in [5.74, 6) is -0.875. The summed E-state index contributed by atoms with van der Waals surface area (Å²) in [5.41, 5.74) is 0.815. The van der Waals surface area contributed by atoms with Gasteiger partial charge in [0.2, 0.25) is 0 Å². The molecule has 1 aromatic rings. The number of carbonyl (C=O) groups is 1. The van der Waals surface area contributed by atoms with Gasteiger partial charge >= 0.3 is 5.97 Å². The molecule has 1 aromatic carbocycles. The largest absolute Gasteiger partial charge is 0.481 e. The molecule has 0 amide bonds.